The van der Waals surface area contributed by atoms with Crippen LogP contribution in [0.1, 0.15) is 10.4 Å². The molecular formula is C8H7ClN2O4. The van der Waals surface area contributed by atoms with Crippen LogP contribution in [0.2, 0.25) is 5.02 Å². The highest BCUT2D eigenvalue weighted by atomic mass is 35.5. The summed E-state index contributed by atoms with van der Waals surface area (Å²) < 4.78 is 4.40. The van der Waals surface area contributed by atoms with E-state index in [4.69, 9.17) is 17.3 Å². The summed E-state index contributed by atoms with van der Waals surface area (Å²) in [5.74, 6) is -0.747. The van der Waals surface area contributed by atoms with Crippen LogP contribution in [0.25, 0.3) is 0 Å². The molecule has 7 heteroatoms. The topological polar surface area (TPSA) is 95.5 Å². The van der Waals surface area contributed by atoms with E-state index >= 15 is 0 Å². The fourth-order valence-corrected chi connectivity index (χ4v) is 1.25. The maximum absolute atomic E-state index is 11.2. The number of hydrogen-bond acceptors (Lipinski definition) is 5. The summed E-state index contributed by atoms with van der Waals surface area (Å²) in [4.78, 5) is 21.0. The Hall–Kier alpha value is -1.82. The standard InChI is InChI=1S/C8H7ClN2O4/c1-15-8(12)4-2-7(11(13)14)6(10)3-5(4)9/h2-3H,10H2,1H3. The van der Waals surface area contributed by atoms with Crippen LogP contribution in [0, 0.1) is 10.1 Å². The van der Waals surface area contributed by atoms with Gasteiger partial charge in [-0.15, -0.1) is 0 Å². The first kappa shape index (κ1) is 11.3. The minimum atomic E-state index is -0.747. The molecule has 0 saturated carbocycles. The molecule has 0 amide bonds. The zero-order chi connectivity index (χ0) is 11.6. The summed E-state index contributed by atoms with van der Waals surface area (Å²) in [7, 11) is 1.15. The van der Waals surface area contributed by atoms with Crippen molar-refractivity contribution in [3.05, 3.63) is 32.8 Å². The van der Waals surface area contributed by atoms with E-state index in [1.807, 2.05) is 0 Å². The lowest BCUT2D eigenvalue weighted by atomic mass is 10.2. The third kappa shape index (κ3) is 2.16. The predicted octanol–water partition coefficient (Wildman–Crippen LogP) is 1.62. The maximum atomic E-state index is 11.2. The second-order valence-electron chi connectivity index (χ2n) is 2.64. The highest BCUT2D eigenvalue weighted by molar-refractivity contribution is 6.34. The zero-order valence-electron chi connectivity index (χ0n) is 7.69. The fourth-order valence-electron chi connectivity index (χ4n) is 1.00. The van der Waals surface area contributed by atoms with Gasteiger partial charge in [0.15, 0.2) is 0 Å². The molecule has 0 aliphatic heterocycles. The molecule has 1 aromatic rings. The molecule has 0 aliphatic rings. The third-order valence-corrected chi connectivity index (χ3v) is 2.03. The molecule has 0 heterocycles. The van der Waals surface area contributed by atoms with Crippen LogP contribution in [0.5, 0.6) is 0 Å². The Morgan fingerprint density at radius 1 is 1.60 bits per heavy atom. The van der Waals surface area contributed by atoms with Crippen molar-refractivity contribution in [1.29, 1.82) is 0 Å². The van der Waals surface area contributed by atoms with E-state index in [0.717, 1.165) is 19.2 Å². The average molecular weight is 231 g/mol. The van der Waals surface area contributed by atoms with Gasteiger partial charge in [-0.3, -0.25) is 10.1 Å². The van der Waals surface area contributed by atoms with Crippen LogP contribution in [0.3, 0.4) is 0 Å². The summed E-state index contributed by atoms with van der Waals surface area (Å²) in [6.07, 6.45) is 0. The minimum Gasteiger partial charge on any atom is -0.465 e. The van der Waals surface area contributed by atoms with Gasteiger partial charge in [-0.1, -0.05) is 11.6 Å². The van der Waals surface area contributed by atoms with Crippen molar-refractivity contribution in [1.82, 2.24) is 0 Å². The molecule has 0 fully saturated rings. The normalized spacial score (nSPS) is 9.73. The Balaban J connectivity index is 3.36. The zero-order valence-corrected chi connectivity index (χ0v) is 8.45. The number of nitro benzene ring substituents is 1. The molecule has 0 unspecified atom stereocenters. The predicted molar refractivity (Wildman–Crippen MR) is 53.9 cm³/mol. The summed E-state index contributed by atoms with van der Waals surface area (Å²) in [6, 6.07) is 2.13. The number of anilines is 1. The van der Waals surface area contributed by atoms with Crippen molar-refractivity contribution >= 4 is 28.9 Å². The number of nitro groups is 1. The Morgan fingerprint density at radius 3 is 2.67 bits per heavy atom. The molecule has 0 saturated heterocycles. The number of methoxy groups -OCH3 is 1. The van der Waals surface area contributed by atoms with E-state index in [1.54, 1.807) is 0 Å². The average Bonchev–Trinajstić information content (AvgIpc) is 2.16. The quantitative estimate of drug-likeness (QED) is 0.360. The molecule has 1 aromatic carbocycles. The number of carbonyl (C=O) groups is 1. The molecule has 0 spiro atoms. The smallest absolute Gasteiger partial charge is 0.339 e. The van der Waals surface area contributed by atoms with Crippen LogP contribution in [-0.4, -0.2) is 18.0 Å². The Bertz CT molecular complexity index is 433. The summed E-state index contributed by atoms with van der Waals surface area (Å²) in [6.45, 7) is 0. The highest BCUT2D eigenvalue weighted by Crippen LogP contribution is 2.29. The molecule has 0 aromatic heterocycles. The van der Waals surface area contributed by atoms with Crippen molar-refractivity contribution in [3.8, 4) is 0 Å². The largest absolute Gasteiger partial charge is 0.465 e. The number of nitrogens with two attached hydrogens (primary N) is 1. The van der Waals surface area contributed by atoms with E-state index in [0.29, 0.717) is 0 Å². The Kier molecular flexibility index (Phi) is 3.11. The number of ether oxygens (including phenoxy) is 1. The van der Waals surface area contributed by atoms with E-state index in [-0.39, 0.29) is 22.0 Å². The van der Waals surface area contributed by atoms with Gasteiger partial charge in [0, 0.05) is 6.07 Å². The number of esters is 1. The number of hydrogen-bond donors (Lipinski definition) is 1. The van der Waals surface area contributed by atoms with Crippen LogP contribution >= 0.6 is 11.6 Å². The van der Waals surface area contributed by atoms with Gasteiger partial charge in [-0.25, -0.2) is 4.79 Å². The molecule has 0 bridgehead atoms. The van der Waals surface area contributed by atoms with E-state index in [2.05, 4.69) is 4.74 Å². The third-order valence-electron chi connectivity index (χ3n) is 1.72. The molecule has 2 N–H and O–H groups in total. The minimum absolute atomic E-state index is 0.0185. The lowest BCUT2D eigenvalue weighted by Gasteiger charge is -2.03. The van der Waals surface area contributed by atoms with Gasteiger partial charge in [-0.05, 0) is 6.07 Å². The molecule has 80 valence electrons. The summed E-state index contributed by atoms with van der Waals surface area (Å²) >= 11 is 5.68. The van der Waals surface area contributed by atoms with Gasteiger partial charge < -0.3 is 10.5 Å². The van der Waals surface area contributed by atoms with Gasteiger partial charge in [0.1, 0.15) is 5.69 Å². The molecule has 1 rings (SSSR count). The van der Waals surface area contributed by atoms with Gasteiger partial charge in [0.05, 0.1) is 22.6 Å². The number of nitrogens with zero attached hydrogens (tertiary/aromatic N) is 1. The van der Waals surface area contributed by atoms with Crippen molar-refractivity contribution in [2.45, 2.75) is 0 Å². The van der Waals surface area contributed by atoms with Crippen LogP contribution in [-0.2, 0) is 4.74 Å². The number of carbonyl (C=O) groups excluding carboxylic acids is 1. The molecule has 0 aliphatic carbocycles. The monoisotopic (exact) mass is 230 g/mol. The van der Waals surface area contributed by atoms with E-state index < -0.39 is 10.9 Å². The molecule has 0 radical (unpaired) electrons. The highest BCUT2D eigenvalue weighted by Gasteiger charge is 2.19. The Labute approximate surface area is 89.7 Å². The number of halogens is 1. The van der Waals surface area contributed by atoms with Crippen molar-refractivity contribution in [2.24, 2.45) is 0 Å². The van der Waals surface area contributed by atoms with Gasteiger partial charge in [0.2, 0.25) is 0 Å². The van der Waals surface area contributed by atoms with Crippen molar-refractivity contribution < 1.29 is 14.5 Å². The fraction of sp³-hybridized carbons (Fsp3) is 0.125. The van der Waals surface area contributed by atoms with Gasteiger partial charge in [0.25, 0.3) is 5.69 Å². The van der Waals surface area contributed by atoms with Crippen molar-refractivity contribution in [3.63, 3.8) is 0 Å². The van der Waals surface area contributed by atoms with E-state index in [1.165, 1.54) is 0 Å². The summed E-state index contributed by atoms with van der Waals surface area (Å²) in [5.41, 5.74) is 4.80. The first-order valence-electron chi connectivity index (χ1n) is 3.79. The molecule has 0 atom stereocenters. The first-order chi connectivity index (χ1) is 6.97. The molecule has 15 heavy (non-hydrogen) atoms. The lowest BCUT2D eigenvalue weighted by Crippen LogP contribution is -2.05. The van der Waals surface area contributed by atoms with E-state index in [9.17, 15) is 14.9 Å². The number of nitrogen functional groups attached to an aromatic ring is 1. The number of rotatable bonds is 2. The first-order valence-corrected chi connectivity index (χ1v) is 4.17. The Morgan fingerprint density at radius 2 is 2.20 bits per heavy atom. The molecular weight excluding hydrogens is 224 g/mol. The lowest BCUT2D eigenvalue weighted by molar-refractivity contribution is -0.383. The SMILES string of the molecule is COC(=O)c1cc([N+](=O)[O-])c(N)cc1Cl. The van der Waals surface area contributed by atoms with Gasteiger partial charge in [-0.2, -0.15) is 0 Å². The van der Waals surface area contributed by atoms with Crippen LogP contribution in [0.4, 0.5) is 11.4 Å². The number of benzene rings is 1. The van der Waals surface area contributed by atoms with Crippen molar-refractivity contribution in [2.75, 3.05) is 12.8 Å². The molecule has 6 nitrogen and oxygen atoms in total. The summed E-state index contributed by atoms with van der Waals surface area (Å²) in [5, 5.41) is 10.5. The second-order valence-corrected chi connectivity index (χ2v) is 3.05. The maximum Gasteiger partial charge on any atom is 0.339 e. The van der Waals surface area contributed by atoms with Crippen LogP contribution in [0.15, 0.2) is 12.1 Å². The van der Waals surface area contributed by atoms with Crippen LogP contribution < -0.4 is 5.73 Å². The second kappa shape index (κ2) is 4.14. The van der Waals surface area contributed by atoms with Gasteiger partial charge >= 0.3 is 5.97 Å².